The average Bonchev–Trinajstić information content (AvgIpc) is 2.48. The standard InChI is InChI=1S/C14H12Cl2N4/c1-8-9(15)6-18-14(13(8)16)20-12-7-17-10-4-2-3-5-11(10)19-12/h4-7H,2-3H2,1H3,(H,18,19,20). The molecule has 0 atom stereocenters. The van der Waals surface area contributed by atoms with E-state index in [0.29, 0.717) is 21.7 Å². The highest BCUT2D eigenvalue weighted by atomic mass is 35.5. The van der Waals surface area contributed by atoms with Crippen LogP contribution in [0.4, 0.5) is 11.6 Å². The average molecular weight is 307 g/mol. The van der Waals surface area contributed by atoms with Crippen molar-refractivity contribution in [2.45, 2.75) is 19.8 Å². The molecule has 0 saturated heterocycles. The van der Waals surface area contributed by atoms with Crippen molar-refractivity contribution in [2.24, 2.45) is 0 Å². The van der Waals surface area contributed by atoms with E-state index in [1.807, 2.05) is 6.92 Å². The molecular formula is C14H12Cl2N4. The normalized spacial score (nSPS) is 13.2. The van der Waals surface area contributed by atoms with E-state index >= 15 is 0 Å². The van der Waals surface area contributed by atoms with Crippen LogP contribution in [0.25, 0.3) is 12.2 Å². The van der Waals surface area contributed by atoms with Crippen molar-refractivity contribution in [2.75, 3.05) is 5.32 Å². The maximum Gasteiger partial charge on any atom is 0.150 e. The van der Waals surface area contributed by atoms with Crippen molar-refractivity contribution in [1.29, 1.82) is 0 Å². The van der Waals surface area contributed by atoms with Gasteiger partial charge in [-0.25, -0.2) is 9.97 Å². The Morgan fingerprint density at radius 2 is 1.80 bits per heavy atom. The van der Waals surface area contributed by atoms with Gasteiger partial charge < -0.3 is 5.32 Å². The van der Waals surface area contributed by atoms with Crippen molar-refractivity contribution in [3.63, 3.8) is 0 Å². The molecule has 6 heteroatoms. The van der Waals surface area contributed by atoms with Crippen LogP contribution in [-0.2, 0) is 0 Å². The number of pyridine rings is 1. The largest absolute Gasteiger partial charge is 0.322 e. The second-order valence-electron chi connectivity index (χ2n) is 4.53. The fraction of sp³-hybridized carbons (Fsp3) is 0.214. The molecule has 1 aliphatic rings. The number of hydrogen-bond acceptors (Lipinski definition) is 4. The van der Waals surface area contributed by atoms with Gasteiger partial charge in [-0.2, -0.15) is 0 Å². The summed E-state index contributed by atoms with van der Waals surface area (Å²) in [5, 5.41) is 5.93. The predicted octanol–water partition coefficient (Wildman–Crippen LogP) is 2.59. The monoisotopic (exact) mass is 306 g/mol. The van der Waals surface area contributed by atoms with Crippen molar-refractivity contribution in [3.05, 3.63) is 38.7 Å². The second-order valence-corrected chi connectivity index (χ2v) is 5.32. The third-order valence-corrected chi connectivity index (χ3v) is 3.96. The minimum Gasteiger partial charge on any atom is -0.322 e. The summed E-state index contributed by atoms with van der Waals surface area (Å²) in [5.41, 5.74) is 0.789. The van der Waals surface area contributed by atoms with Gasteiger partial charge in [0.25, 0.3) is 0 Å². The summed E-state index contributed by atoms with van der Waals surface area (Å²) in [6, 6.07) is 0. The van der Waals surface area contributed by atoms with Gasteiger partial charge in [0.2, 0.25) is 0 Å². The zero-order chi connectivity index (χ0) is 14.1. The summed E-state index contributed by atoms with van der Waals surface area (Å²) in [6.07, 6.45) is 9.41. The number of fused-ring (bicyclic) bond motifs is 1. The SMILES string of the molecule is Cc1c(Cl)cnc(Nc2cnc3c(n2)=CCCC=3)c1Cl. The van der Waals surface area contributed by atoms with Crippen molar-refractivity contribution < 1.29 is 0 Å². The second kappa shape index (κ2) is 5.38. The number of nitrogens with one attached hydrogen (secondary N) is 1. The van der Waals surface area contributed by atoms with Gasteiger partial charge >= 0.3 is 0 Å². The molecule has 0 bridgehead atoms. The Balaban J connectivity index is 1.99. The van der Waals surface area contributed by atoms with Gasteiger partial charge in [-0.3, -0.25) is 4.98 Å². The Morgan fingerprint density at radius 1 is 1.05 bits per heavy atom. The van der Waals surface area contributed by atoms with Crippen LogP contribution in [0.5, 0.6) is 0 Å². The number of aromatic nitrogens is 3. The first-order valence-corrected chi connectivity index (χ1v) is 7.02. The summed E-state index contributed by atoms with van der Waals surface area (Å²) < 4.78 is 0. The lowest BCUT2D eigenvalue weighted by atomic mass is 10.2. The molecular weight excluding hydrogens is 295 g/mol. The molecule has 0 aliphatic heterocycles. The van der Waals surface area contributed by atoms with Crippen LogP contribution in [-0.4, -0.2) is 15.0 Å². The molecule has 0 fully saturated rings. The molecule has 2 aromatic rings. The van der Waals surface area contributed by atoms with Gasteiger partial charge in [-0.1, -0.05) is 35.4 Å². The van der Waals surface area contributed by atoms with E-state index in [2.05, 4.69) is 32.4 Å². The third-order valence-electron chi connectivity index (χ3n) is 3.12. The van der Waals surface area contributed by atoms with Crippen molar-refractivity contribution >= 4 is 47.0 Å². The van der Waals surface area contributed by atoms with Crippen LogP contribution < -0.4 is 16.0 Å². The summed E-state index contributed by atoms with van der Waals surface area (Å²) in [5.74, 6) is 1.15. The molecule has 3 rings (SSSR count). The highest BCUT2D eigenvalue weighted by molar-refractivity contribution is 6.37. The molecule has 0 amide bonds. The Kier molecular flexibility index (Phi) is 3.59. The summed E-state index contributed by atoms with van der Waals surface area (Å²) in [4.78, 5) is 13.1. The summed E-state index contributed by atoms with van der Waals surface area (Å²) in [6.45, 7) is 1.85. The lowest BCUT2D eigenvalue weighted by Crippen LogP contribution is -2.33. The molecule has 2 heterocycles. The molecule has 0 saturated carbocycles. The fourth-order valence-electron chi connectivity index (χ4n) is 1.99. The van der Waals surface area contributed by atoms with E-state index in [1.165, 1.54) is 0 Å². The number of hydrogen-bond donors (Lipinski definition) is 1. The molecule has 0 aromatic carbocycles. The number of nitrogens with zero attached hydrogens (tertiary/aromatic N) is 3. The minimum atomic E-state index is 0.493. The topological polar surface area (TPSA) is 50.7 Å². The highest BCUT2D eigenvalue weighted by Crippen LogP contribution is 2.29. The van der Waals surface area contributed by atoms with Crippen LogP contribution in [0, 0.1) is 6.92 Å². The first-order valence-electron chi connectivity index (χ1n) is 6.26. The van der Waals surface area contributed by atoms with Crippen LogP contribution >= 0.6 is 23.2 Å². The zero-order valence-electron chi connectivity index (χ0n) is 10.8. The lowest BCUT2D eigenvalue weighted by molar-refractivity contribution is 1.02. The third kappa shape index (κ3) is 2.49. The van der Waals surface area contributed by atoms with Crippen molar-refractivity contribution in [3.8, 4) is 0 Å². The maximum atomic E-state index is 6.22. The van der Waals surface area contributed by atoms with Crippen LogP contribution in [0.1, 0.15) is 18.4 Å². The van der Waals surface area contributed by atoms with Crippen LogP contribution in [0.3, 0.4) is 0 Å². The Morgan fingerprint density at radius 3 is 2.60 bits per heavy atom. The molecule has 0 radical (unpaired) electrons. The summed E-state index contributed by atoms with van der Waals surface area (Å²) in [7, 11) is 0. The van der Waals surface area contributed by atoms with Gasteiger partial charge in [0.15, 0.2) is 11.6 Å². The summed E-state index contributed by atoms with van der Waals surface area (Å²) >= 11 is 12.2. The van der Waals surface area contributed by atoms with Crippen LogP contribution in [0.2, 0.25) is 10.0 Å². The quantitative estimate of drug-likeness (QED) is 0.926. The molecule has 2 aromatic heterocycles. The molecule has 20 heavy (non-hydrogen) atoms. The number of rotatable bonds is 2. The minimum absolute atomic E-state index is 0.493. The first-order chi connectivity index (χ1) is 9.65. The van der Waals surface area contributed by atoms with Gasteiger partial charge in [0.05, 0.1) is 26.9 Å². The fourth-order valence-corrected chi connectivity index (χ4v) is 2.38. The molecule has 1 aliphatic carbocycles. The number of halogens is 2. The van der Waals surface area contributed by atoms with Gasteiger partial charge in [0, 0.05) is 6.20 Å². The van der Waals surface area contributed by atoms with E-state index < -0.39 is 0 Å². The first kappa shape index (κ1) is 13.3. The molecule has 102 valence electrons. The van der Waals surface area contributed by atoms with E-state index in [-0.39, 0.29) is 0 Å². The molecule has 0 unspecified atom stereocenters. The predicted molar refractivity (Wildman–Crippen MR) is 81.7 cm³/mol. The van der Waals surface area contributed by atoms with E-state index in [4.69, 9.17) is 23.2 Å². The smallest absolute Gasteiger partial charge is 0.150 e. The lowest BCUT2D eigenvalue weighted by Gasteiger charge is -2.09. The zero-order valence-corrected chi connectivity index (χ0v) is 12.3. The van der Waals surface area contributed by atoms with Crippen molar-refractivity contribution in [1.82, 2.24) is 15.0 Å². The Hall–Kier alpha value is -1.65. The number of anilines is 2. The molecule has 1 N–H and O–H groups in total. The van der Waals surface area contributed by atoms with E-state index in [0.717, 1.165) is 29.1 Å². The molecule has 0 spiro atoms. The Labute approximate surface area is 126 Å². The molecule has 4 nitrogen and oxygen atoms in total. The van der Waals surface area contributed by atoms with E-state index in [1.54, 1.807) is 12.4 Å². The highest BCUT2D eigenvalue weighted by Gasteiger charge is 2.09. The maximum absolute atomic E-state index is 6.22. The van der Waals surface area contributed by atoms with Gasteiger partial charge in [-0.15, -0.1) is 0 Å². The van der Waals surface area contributed by atoms with Crippen LogP contribution in [0.15, 0.2) is 12.4 Å². The van der Waals surface area contributed by atoms with Gasteiger partial charge in [0.1, 0.15) is 0 Å². The van der Waals surface area contributed by atoms with Gasteiger partial charge in [-0.05, 0) is 25.3 Å². The Bertz CT molecular complexity index is 786. The van der Waals surface area contributed by atoms with E-state index in [9.17, 15) is 0 Å².